The number of benzene rings is 1. The average Bonchev–Trinajstić information content (AvgIpc) is 2.27. The summed E-state index contributed by atoms with van der Waals surface area (Å²) >= 11 is 0. The summed E-state index contributed by atoms with van der Waals surface area (Å²) in [6.07, 6.45) is 2.21. The van der Waals surface area contributed by atoms with Gasteiger partial charge in [-0.2, -0.15) is 0 Å². The van der Waals surface area contributed by atoms with Gasteiger partial charge in [-0.15, -0.1) is 0 Å². The minimum Gasteiger partial charge on any atom is -0.371 e. The van der Waals surface area contributed by atoms with Gasteiger partial charge in [0.05, 0.1) is 18.2 Å². The lowest BCUT2D eigenvalue weighted by Crippen LogP contribution is -2.48. The molecule has 1 N–H and O–H groups in total. The maximum atomic E-state index is 5.73. The van der Waals surface area contributed by atoms with Crippen LogP contribution in [0.1, 0.15) is 5.56 Å². The molecule has 1 saturated heterocycles. The Morgan fingerprint density at radius 1 is 1.31 bits per heavy atom. The third-order valence-electron chi connectivity index (χ3n) is 2.90. The predicted molar refractivity (Wildman–Crippen MR) is 63.2 cm³/mol. The maximum absolute atomic E-state index is 5.73. The molecule has 3 nitrogen and oxygen atoms in total. The number of nitrogens with one attached hydrogen (secondary N) is 1. The molecule has 0 atom stereocenters. The Hall–Kier alpha value is -1.45. The third kappa shape index (κ3) is 1.92. The highest BCUT2D eigenvalue weighted by molar-refractivity contribution is 5.78. The van der Waals surface area contributed by atoms with Crippen molar-refractivity contribution in [2.24, 2.45) is 0 Å². The van der Waals surface area contributed by atoms with E-state index in [0.29, 0.717) is 12.7 Å². The molecule has 3 rings (SSSR count). The van der Waals surface area contributed by atoms with Crippen LogP contribution in [-0.2, 0) is 11.3 Å². The van der Waals surface area contributed by atoms with Gasteiger partial charge in [0.15, 0.2) is 0 Å². The number of fused-ring (bicyclic) bond motifs is 1. The summed E-state index contributed by atoms with van der Waals surface area (Å²) in [5.74, 6) is 0. The fourth-order valence-corrected chi connectivity index (χ4v) is 1.81. The molecule has 0 saturated carbocycles. The summed E-state index contributed by atoms with van der Waals surface area (Å²) in [6, 6.07) is 10.3. The van der Waals surface area contributed by atoms with Crippen molar-refractivity contribution in [2.75, 3.05) is 13.1 Å². The molecule has 0 bridgehead atoms. The maximum Gasteiger partial charge on any atom is 0.0828 e. The lowest BCUT2D eigenvalue weighted by atomic mass is 10.1. The van der Waals surface area contributed by atoms with Crippen LogP contribution < -0.4 is 5.32 Å². The summed E-state index contributed by atoms with van der Waals surface area (Å²) in [5.41, 5.74) is 2.25. The summed E-state index contributed by atoms with van der Waals surface area (Å²) in [7, 11) is 0. The lowest BCUT2D eigenvalue weighted by Gasteiger charge is -2.27. The molecule has 1 aliphatic rings. The normalized spacial score (nSPS) is 16.2. The number of ether oxygens (including phenoxy) is 1. The first-order chi connectivity index (χ1) is 7.92. The minimum atomic E-state index is 0.393. The Kier molecular flexibility index (Phi) is 2.56. The van der Waals surface area contributed by atoms with E-state index >= 15 is 0 Å². The zero-order chi connectivity index (χ0) is 10.8. The van der Waals surface area contributed by atoms with Gasteiger partial charge in [0.2, 0.25) is 0 Å². The lowest BCUT2D eigenvalue weighted by molar-refractivity contribution is 0.00763. The molecule has 0 unspecified atom stereocenters. The average molecular weight is 214 g/mol. The van der Waals surface area contributed by atoms with Gasteiger partial charge >= 0.3 is 0 Å². The quantitative estimate of drug-likeness (QED) is 0.844. The first-order valence-electron chi connectivity index (χ1n) is 5.58. The first kappa shape index (κ1) is 9.75. The Balaban J connectivity index is 1.76. The van der Waals surface area contributed by atoms with Crippen molar-refractivity contribution in [1.29, 1.82) is 0 Å². The smallest absolute Gasteiger partial charge is 0.0828 e. The molecule has 0 spiro atoms. The zero-order valence-electron chi connectivity index (χ0n) is 9.02. The van der Waals surface area contributed by atoms with Gasteiger partial charge in [0, 0.05) is 24.7 Å². The van der Waals surface area contributed by atoms with Crippen molar-refractivity contribution >= 4 is 10.9 Å². The van der Waals surface area contributed by atoms with Crippen LogP contribution in [0, 0.1) is 0 Å². The number of rotatable bonds is 3. The molecule has 2 aromatic rings. The van der Waals surface area contributed by atoms with Crippen molar-refractivity contribution in [2.45, 2.75) is 12.7 Å². The van der Waals surface area contributed by atoms with Gasteiger partial charge in [-0.1, -0.05) is 12.1 Å². The van der Waals surface area contributed by atoms with Gasteiger partial charge in [-0.05, 0) is 23.8 Å². The molecule has 1 aromatic carbocycles. The molecule has 0 aliphatic carbocycles. The summed E-state index contributed by atoms with van der Waals surface area (Å²) < 4.78 is 5.73. The monoisotopic (exact) mass is 214 g/mol. The second-order valence-electron chi connectivity index (χ2n) is 4.12. The van der Waals surface area contributed by atoms with Crippen LogP contribution in [0.5, 0.6) is 0 Å². The molecule has 1 fully saturated rings. The summed E-state index contributed by atoms with van der Waals surface area (Å²) in [4.78, 5) is 4.29. The van der Waals surface area contributed by atoms with Crippen LogP contribution >= 0.6 is 0 Å². The standard InChI is InChI=1S/C13H14N2O/c1-2-11-6-10(3-4-13(11)15-5-1)9-16-12-7-14-8-12/h1-6,12,14H,7-9H2. The van der Waals surface area contributed by atoms with Gasteiger partial charge in [0.1, 0.15) is 0 Å². The molecule has 3 heteroatoms. The largest absolute Gasteiger partial charge is 0.371 e. The molecule has 1 aromatic heterocycles. The zero-order valence-corrected chi connectivity index (χ0v) is 9.02. The number of pyridine rings is 1. The Labute approximate surface area is 94.5 Å². The Morgan fingerprint density at radius 3 is 3.06 bits per heavy atom. The van der Waals surface area contributed by atoms with Crippen LogP contribution in [0.4, 0.5) is 0 Å². The fraction of sp³-hybridized carbons (Fsp3) is 0.308. The highest BCUT2D eigenvalue weighted by Crippen LogP contribution is 2.14. The van der Waals surface area contributed by atoms with E-state index in [9.17, 15) is 0 Å². The van der Waals surface area contributed by atoms with Gasteiger partial charge < -0.3 is 10.1 Å². The topological polar surface area (TPSA) is 34.1 Å². The molecule has 82 valence electrons. The van der Waals surface area contributed by atoms with Crippen molar-refractivity contribution < 1.29 is 4.74 Å². The fourth-order valence-electron chi connectivity index (χ4n) is 1.81. The Morgan fingerprint density at radius 2 is 2.25 bits per heavy atom. The van der Waals surface area contributed by atoms with E-state index in [0.717, 1.165) is 18.6 Å². The van der Waals surface area contributed by atoms with E-state index in [-0.39, 0.29) is 0 Å². The van der Waals surface area contributed by atoms with Crippen LogP contribution in [0.2, 0.25) is 0 Å². The molecule has 2 heterocycles. The number of nitrogens with zero attached hydrogens (tertiary/aromatic N) is 1. The second kappa shape index (κ2) is 4.20. The van der Waals surface area contributed by atoms with Gasteiger partial charge in [0.25, 0.3) is 0 Å². The van der Waals surface area contributed by atoms with Crippen molar-refractivity contribution in [3.8, 4) is 0 Å². The van der Waals surface area contributed by atoms with Crippen LogP contribution in [0.25, 0.3) is 10.9 Å². The highest BCUT2D eigenvalue weighted by Gasteiger charge is 2.16. The molecular formula is C13H14N2O. The molecular weight excluding hydrogens is 200 g/mol. The van der Waals surface area contributed by atoms with Gasteiger partial charge in [-0.25, -0.2) is 0 Å². The van der Waals surface area contributed by atoms with E-state index in [4.69, 9.17) is 4.74 Å². The van der Waals surface area contributed by atoms with Crippen LogP contribution in [-0.4, -0.2) is 24.2 Å². The van der Waals surface area contributed by atoms with E-state index in [2.05, 4.69) is 28.5 Å². The van der Waals surface area contributed by atoms with E-state index in [1.165, 1.54) is 10.9 Å². The molecule has 1 aliphatic heterocycles. The predicted octanol–water partition coefficient (Wildman–Crippen LogP) is 1.72. The second-order valence-corrected chi connectivity index (χ2v) is 4.12. The number of hydrogen-bond acceptors (Lipinski definition) is 3. The third-order valence-corrected chi connectivity index (χ3v) is 2.90. The minimum absolute atomic E-state index is 0.393. The van der Waals surface area contributed by atoms with Crippen molar-refractivity contribution in [3.63, 3.8) is 0 Å². The van der Waals surface area contributed by atoms with Crippen molar-refractivity contribution in [3.05, 3.63) is 42.1 Å². The SMILES string of the molecule is c1cnc2ccc(COC3CNC3)cc2c1. The van der Waals surface area contributed by atoms with E-state index in [1.807, 2.05) is 18.3 Å². The Bertz CT molecular complexity index is 494. The molecule has 16 heavy (non-hydrogen) atoms. The van der Waals surface area contributed by atoms with Crippen LogP contribution in [0.3, 0.4) is 0 Å². The number of hydrogen-bond donors (Lipinski definition) is 1. The molecule has 0 radical (unpaired) electrons. The number of aromatic nitrogens is 1. The summed E-state index contributed by atoms with van der Waals surface area (Å²) in [6.45, 7) is 2.65. The van der Waals surface area contributed by atoms with Crippen molar-refractivity contribution in [1.82, 2.24) is 10.3 Å². The highest BCUT2D eigenvalue weighted by atomic mass is 16.5. The van der Waals surface area contributed by atoms with E-state index < -0.39 is 0 Å². The van der Waals surface area contributed by atoms with Crippen LogP contribution in [0.15, 0.2) is 36.5 Å². The molecule has 0 amide bonds. The van der Waals surface area contributed by atoms with E-state index in [1.54, 1.807) is 0 Å². The van der Waals surface area contributed by atoms with Gasteiger partial charge in [-0.3, -0.25) is 4.98 Å². The first-order valence-corrected chi connectivity index (χ1v) is 5.58. The summed E-state index contributed by atoms with van der Waals surface area (Å²) in [5, 5.41) is 4.37.